The molecular formula is C17H29IN4O2. The summed E-state index contributed by atoms with van der Waals surface area (Å²) in [5, 5.41) is 9.27. The Balaban J connectivity index is 0.00000529. The SMILES string of the molecule is CCNC(=O)c1cccc(CN=C(NCC)NCCCOC)c1.I. The van der Waals surface area contributed by atoms with Crippen LogP contribution in [0.25, 0.3) is 0 Å². The van der Waals surface area contributed by atoms with E-state index in [2.05, 4.69) is 20.9 Å². The molecule has 0 fully saturated rings. The van der Waals surface area contributed by atoms with Gasteiger partial charge in [0.1, 0.15) is 0 Å². The molecule has 0 heterocycles. The minimum Gasteiger partial charge on any atom is -0.385 e. The highest BCUT2D eigenvalue weighted by atomic mass is 127. The van der Waals surface area contributed by atoms with E-state index in [-0.39, 0.29) is 29.9 Å². The van der Waals surface area contributed by atoms with Crippen LogP contribution in [0.15, 0.2) is 29.3 Å². The van der Waals surface area contributed by atoms with Crippen LogP contribution >= 0.6 is 24.0 Å². The molecule has 1 aromatic carbocycles. The summed E-state index contributed by atoms with van der Waals surface area (Å²) in [6, 6.07) is 7.55. The smallest absolute Gasteiger partial charge is 0.251 e. The average molecular weight is 448 g/mol. The van der Waals surface area contributed by atoms with Crippen LogP contribution in [0.4, 0.5) is 0 Å². The highest BCUT2D eigenvalue weighted by Gasteiger charge is 2.04. The van der Waals surface area contributed by atoms with Gasteiger partial charge in [0.25, 0.3) is 5.91 Å². The monoisotopic (exact) mass is 448 g/mol. The van der Waals surface area contributed by atoms with E-state index in [0.29, 0.717) is 18.7 Å². The van der Waals surface area contributed by atoms with Crippen molar-refractivity contribution in [2.24, 2.45) is 4.99 Å². The van der Waals surface area contributed by atoms with Gasteiger partial charge >= 0.3 is 0 Å². The molecule has 0 bridgehead atoms. The normalized spacial score (nSPS) is 10.7. The highest BCUT2D eigenvalue weighted by molar-refractivity contribution is 14.0. The standard InChI is InChI=1S/C17H28N4O2.HI/c1-4-18-16(22)15-9-6-8-14(12-15)13-21-17(19-5-2)20-10-7-11-23-3;/h6,8-9,12H,4-5,7,10-11,13H2,1-3H3,(H,18,22)(H2,19,20,21);1H. The number of hydrogen-bond donors (Lipinski definition) is 3. The summed E-state index contributed by atoms with van der Waals surface area (Å²) < 4.78 is 5.03. The second-order valence-electron chi connectivity index (χ2n) is 5.03. The molecule has 1 amide bonds. The van der Waals surface area contributed by atoms with Crippen molar-refractivity contribution in [2.75, 3.05) is 33.4 Å². The van der Waals surface area contributed by atoms with E-state index >= 15 is 0 Å². The van der Waals surface area contributed by atoms with Crippen molar-refractivity contribution in [1.82, 2.24) is 16.0 Å². The molecule has 24 heavy (non-hydrogen) atoms. The van der Waals surface area contributed by atoms with E-state index in [1.165, 1.54) is 0 Å². The molecule has 7 heteroatoms. The zero-order chi connectivity index (χ0) is 16.9. The van der Waals surface area contributed by atoms with Crippen molar-refractivity contribution in [3.05, 3.63) is 35.4 Å². The predicted molar refractivity (Wildman–Crippen MR) is 109 cm³/mol. The molecule has 1 aromatic rings. The van der Waals surface area contributed by atoms with Crippen molar-refractivity contribution in [2.45, 2.75) is 26.8 Å². The van der Waals surface area contributed by atoms with Gasteiger partial charge in [-0.15, -0.1) is 24.0 Å². The molecule has 0 saturated carbocycles. The molecule has 6 nitrogen and oxygen atoms in total. The summed E-state index contributed by atoms with van der Waals surface area (Å²) in [6.45, 7) is 7.41. The van der Waals surface area contributed by atoms with E-state index in [9.17, 15) is 4.79 Å². The lowest BCUT2D eigenvalue weighted by Gasteiger charge is -2.11. The van der Waals surface area contributed by atoms with Crippen molar-refractivity contribution in [3.63, 3.8) is 0 Å². The lowest BCUT2D eigenvalue weighted by atomic mass is 10.1. The summed E-state index contributed by atoms with van der Waals surface area (Å²) in [5.74, 6) is 0.718. The Morgan fingerprint density at radius 2 is 1.92 bits per heavy atom. The number of amides is 1. The van der Waals surface area contributed by atoms with E-state index in [0.717, 1.165) is 37.6 Å². The predicted octanol–water partition coefficient (Wildman–Crippen LogP) is 2.15. The number of methoxy groups -OCH3 is 1. The number of guanidine groups is 1. The van der Waals surface area contributed by atoms with Crippen LogP contribution in [-0.2, 0) is 11.3 Å². The molecule has 0 unspecified atom stereocenters. The Morgan fingerprint density at radius 3 is 2.58 bits per heavy atom. The average Bonchev–Trinajstić information content (AvgIpc) is 2.57. The maximum absolute atomic E-state index is 11.9. The molecule has 0 atom stereocenters. The van der Waals surface area contributed by atoms with Gasteiger partial charge in [0.2, 0.25) is 0 Å². The van der Waals surface area contributed by atoms with Crippen LogP contribution in [0.1, 0.15) is 36.2 Å². The topological polar surface area (TPSA) is 74.8 Å². The number of hydrogen-bond acceptors (Lipinski definition) is 3. The number of nitrogens with zero attached hydrogens (tertiary/aromatic N) is 1. The number of benzene rings is 1. The minimum absolute atomic E-state index is 0. The fraction of sp³-hybridized carbons (Fsp3) is 0.529. The lowest BCUT2D eigenvalue weighted by Crippen LogP contribution is -2.38. The summed E-state index contributed by atoms with van der Waals surface area (Å²) in [6.07, 6.45) is 0.924. The fourth-order valence-corrected chi connectivity index (χ4v) is 2.01. The largest absolute Gasteiger partial charge is 0.385 e. The number of ether oxygens (including phenoxy) is 1. The lowest BCUT2D eigenvalue weighted by molar-refractivity contribution is 0.0955. The van der Waals surface area contributed by atoms with Crippen molar-refractivity contribution in [3.8, 4) is 0 Å². The number of aliphatic imine (C=N–C) groups is 1. The number of rotatable bonds is 9. The summed E-state index contributed by atoms with van der Waals surface area (Å²) >= 11 is 0. The van der Waals surface area contributed by atoms with E-state index in [1.807, 2.05) is 38.1 Å². The molecule has 0 radical (unpaired) electrons. The first kappa shape index (κ1) is 22.6. The summed E-state index contributed by atoms with van der Waals surface area (Å²) in [5.41, 5.74) is 1.67. The molecular weight excluding hydrogens is 419 g/mol. The third kappa shape index (κ3) is 9.07. The molecule has 0 spiro atoms. The van der Waals surface area contributed by atoms with Gasteiger partial charge in [-0.25, -0.2) is 4.99 Å². The second-order valence-corrected chi connectivity index (χ2v) is 5.03. The third-order valence-corrected chi connectivity index (χ3v) is 3.11. The van der Waals surface area contributed by atoms with Crippen LogP contribution in [0.5, 0.6) is 0 Å². The van der Waals surface area contributed by atoms with Gasteiger partial charge in [0.15, 0.2) is 5.96 Å². The first-order valence-corrected chi connectivity index (χ1v) is 8.09. The molecule has 3 N–H and O–H groups in total. The van der Waals surface area contributed by atoms with E-state index < -0.39 is 0 Å². The van der Waals surface area contributed by atoms with E-state index in [1.54, 1.807) is 7.11 Å². The van der Waals surface area contributed by atoms with Crippen LogP contribution in [0, 0.1) is 0 Å². The zero-order valence-corrected chi connectivity index (χ0v) is 17.1. The molecule has 0 aliphatic rings. The molecule has 0 saturated heterocycles. The van der Waals surface area contributed by atoms with Gasteiger partial charge in [-0.1, -0.05) is 12.1 Å². The molecule has 0 aliphatic heterocycles. The minimum atomic E-state index is -0.0528. The number of nitrogens with one attached hydrogen (secondary N) is 3. The Hall–Kier alpha value is -1.35. The van der Waals surface area contributed by atoms with Crippen LogP contribution in [0.3, 0.4) is 0 Å². The van der Waals surface area contributed by atoms with Gasteiger partial charge in [-0.2, -0.15) is 0 Å². The zero-order valence-electron chi connectivity index (χ0n) is 14.7. The highest BCUT2D eigenvalue weighted by Crippen LogP contribution is 2.06. The molecule has 136 valence electrons. The number of carbonyl (C=O) groups excluding carboxylic acids is 1. The van der Waals surface area contributed by atoms with Crippen molar-refractivity contribution < 1.29 is 9.53 Å². The fourth-order valence-electron chi connectivity index (χ4n) is 2.01. The van der Waals surface area contributed by atoms with Crippen LogP contribution in [-0.4, -0.2) is 45.2 Å². The van der Waals surface area contributed by atoms with E-state index in [4.69, 9.17) is 4.74 Å². The summed E-state index contributed by atoms with van der Waals surface area (Å²) in [4.78, 5) is 16.4. The van der Waals surface area contributed by atoms with Crippen molar-refractivity contribution >= 4 is 35.8 Å². The Morgan fingerprint density at radius 1 is 1.17 bits per heavy atom. The molecule has 0 aromatic heterocycles. The van der Waals surface area contributed by atoms with Gasteiger partial charge in [0.05, 0.1) is 6.54 Å². The maximum Gasteiger partial charge on any atom is 0.251 e. The number of halogens is 1. The maximum atomic E-state index is 11.9. The Labute approximate surface area is 161 Å². The van der Waals surface area contributed by atoms with Gasteiger partial charge < -0.3 is 20.7 Å². The van der Waals surface area contributed by atoms with Crippen LogP contribution < -0.4 is 16.0 Å². The number of carbonyl (C=O) groups is 1. The molecule has 0 aliphatic carbocycles. The quantitative estimate of drug-likeness (QED) is 0.234. The third-order valence-electron chi connectivity index (χ3n) is 3.11. The van der Waals surface area contributed by atoms with Crippen molar-refractivity contribution in [1.29, 1.82) is 0 Å². The second kappa shape index (κ2) is 14.0. The van der Waals surface area contributed by atoms with Gasteiger partial charge in [0, 0.05) is 38.9 Å². The Kier molecular flexibility index (Phi) is 13.2. The first-order chi connectivity index (χ1) is 11.2. The first-order valence-electron chi connectivity index (χ1n) is 8.09. The van der Waals surface area contributed by atoms with Gasteiger partial charge in [-0.3, -0.25) is 4.79 Å². The Bertz CT molecular complexity index is 509. The molecule has 1 rings (SSSR count). The van der Waals surface area contributed by atoms with Gasteiger partial charge in [-0.05, 0) is 38.0 Å². The van der Waals surface area contributed by atoms with Crippen LogP contribution in [0.2, 0.25) is 0 Å². The summed E-state index contributed by atoms with van der Waals surface area (Å²) in [7, 11) is 1.70.